The van der Waals surface area contributed by atoms with E-state index in [0.717, 1.165) is 18.8 Å². The molecule has 0 aliphatic rings. The predicted octanol–water partition coefficient (Wildman–Crippen LogP) is -2.25. The molecule has 1 amide bonds. The molecule has 38 heavy (non-hydrogen) atoms. The van der Waals surface area contributed by atoms with Crippen molar-refractivity contribution in [1.82, 2.24) is 10.9 Å². The van der Waals surface area contributed by atoms with Gasteiger partial charge in [-0.3, -0.25) is 24.4 Å². The second-order valence-electron chi connectivity index (χ2n) is 9.31. The molecule has 0 aliphatic carbocycles. The van der Waals surface area contributed by atoms with Gasteiger partial charge in [0.2, 0.25) is 5.91 Å². The molecule has 0 heterocycles. The van der Waals surface area contributed by atoms with Crippen molar-refractivity contribution in [3.8, 4) is 0 Å². The Balaban J connectivity index is -0.000000156. The first-order chi connectivity index (χ1) is 16.9. The van der Waals surface area contributed by atoms with Crippen LogP contribution in [-0.2, 0) is 24.5 Å². The van der Waals surface area contributed by atoms with E-state index in [1.54, 1.807) is 0 Å². The number of carboxylic acids is 2. The molecule has 0 radical (unpaired) electrons. The number of carboxylic acid groups (broad SMARTS) is 2. The maximum Gasteiger partial charge on any atom is 1.00 e. The average molecular weight is 589 g/mol. The number of unbranched alkanes of at least 4 members (excludes halogenated alkanes) is 11. The Bertz CT molecular complexity index is 708. The van der Waals surface area contributed by atoms with Crippen LogP contribution in [0.15, 0.2) is 0 Å². The van der Waals surface area contributed by atoms with Gasteiger partial charge in [0, 0.05) is 13.0 Å². The Hall–Kier alpha value is 0.240. The third-order valence-corrected chi connectivity index (χ3v) is 6.48. The molecule has 0 rings (SSSR count). The van der Waals surface area contributed by atoms with Crippen LogP contribution in [0.3, 0.4) is 0 Å². The van der Waals surface area contributed by atoms with Gasteiger partial charge in [0.15, 0.2) is 5.25 Å². The van der Waals surface area contributed by atoms with E-state index in [4.69, 9.17) is 19.9 Å². The van der Waals surface area contributed by atoms with E-state index in [9.17, 15) is 22.8 Å². The van der Waals surface area contributed by atoms with Crippen LogP contribution in [0.4, 0.5) is 0 Å². The van der Waals surface area contributed by atoms with Crippen LogP contribution in [0.25, 0.3) is 0 Å². The molecule has 0 bridgehead atoms. The minimum absolute atomic E-state index is 0. The van der Waals surface area contributed by atoms with Gasteiger partial charge in [-0.05, 0) is 12.3 Å². The van der Waals surface area contributed by atoms with E-state index in [1.165, 1.54) is 70.6 Å². The molecule has 0 aromatic rings. The molecule has 11 nitrogen and oxygen atoms in total. The minimum Gasteiger partial charge on any atom is -1.00 e. The van der Waals surface area contributed by atoms with Crippen molar-refractivity contribution in [2.24, 2.45) is 5.92 Å². The molecule has 218 valence electrons. The molecule has 6 N–H and O–H groups in total. The van der Waals surface area contributed by atoms with Crippen LogP contribution in [0.1, 0.15) is 113 Å². The number of hydrazine groups is 1. The van der Waals surface area contributed by atoms with E-state index >= 15 is 0 Å². The molecule has 0 saturated carbocycles. The predicted molar refractivity (Wildman–Crippen MR) is 140 cm³/mol. The summed E-state index contributed by atoms with van der Waals surface area (Å²) >= 11 is 0. The van der Waals surface area contributed by atoms with Crippen LogP contribution in [0.5, 0.6) is 0 Å². The number of amides is 1. The van der Waals surface area contributed by atoms with E-state index in [0.29, 0.717) is 13.0 Å². The zero-order valence-corrected chi connectivity index (χ0v) is 28.7. The van der Waals surface area contributed by atoms with Gasteiger partial charge in [-0.25, -0.2) is 5.43 Å². The summed E-state index contributed by atoms with van der Waals surface area (Å²) in [7, 11) is -4.84. The Morgan fingerprint density at radius 3 is 1.53 bits per heavy atom. The third-order valence-electron chi connectivity index (χ3n) is 5.39. The van der Waals surface area contributed by atoms with Crippen molar-refractivity contribution < 1.29 is 105 Å². The van der Waals surface area contributed by atoms with Crippen molar-refractivity contribution in [2.75, 3.05) is 13.2 Å². The summed E-state index contributed by atoms with van der Waals surface area (Å²) in [5, 5.41) is 22.5. The first kappa shape index (κ1) is 45.2. The van der Waals surface area contributed by atoms with Crippen molar-refractivity contribution in [2.45, 2.75) is 115 Å². The zero-order chi connectivity index (χ0) is 27.8. The molecule has 0 spiro atoms. The number of nitrogens with one attached hydrogen (secondary N) is 2. The number of carbonyl (C=O) groups is 3. The summed E-state index contributed by atoms with van der Waals surface area (Å²) in [6.45, 7) is 5.07. The number of aliphatic carboxylic acids is 2. The summed E-state index contributed by atoms with van der Waals surface area (Å²) in [5.74, 6) is -2.61. The van der Waals surface area contributed by atoms with Gasteiger partial charge in [0.1, 0.15) is 0 Å². The summed E-state index contributed by atoms with van der Waals surface area (Å²) in [5.41, 5.74) is 5.27. The molecule has 0 aliphatic heterocycles. The maximum atomic E-state index is 11.4. The summed E-state index contributed by atoms with van der Waals surface area (Å²) in [4.78, 5) is 31.4. The number of rotatable bonds is 22. The van der Waals surface area contributed by atoms with Gasteiger partial charge >= 0.3 is 71.1 Å². The topological polar surface area (TPSA) is 190 Å². The molecule has 1 unspecified atom stereocenters. The first-order valence-electron chi connectivity index (χ1n) is 12.9. The summed E-state index contributed by atoms with van der Waals surface area (Å²) < 4.78 is 28.7. The summed E-state index contributed by atoms with van der Waals surface area (Å²) in [6, 6.07) is 0. The second-order valence-corrected chi connectivity index (χ2v) is 10.9. The van der Waals surface area contributed by atoms with Crippen molar-refractivity contribution in [1.29, 1.82) is 0 Å². The molecule has 0 aromatic heterocycles. The molecular formula is C24H50N2Na2O9S. The Kier molecular flexibility index (Phi) is 36.0. The van der Waals surface area contributed by atoms with Gasteiger partial charge < -0.3 is 18.2 Å². The van der Waals surface area contributed by atoms with Gasteiger partial charge in [-0.1, -0.05) is 90.9 Å². The quantitative estimate of drug-likeness (QED) is 0.0349. The van der Waals surface area contributed by atoms with Crippen molar-refractivity contribution >= 4 is 28.0 Å². The Morgan fingerprint density at radius 1 is 0.789 bits per heavy atom. The standard InChI is InChI=1S/C20H42N2O2.C4H6O7S.2Na.2H/c1-19(2)15-13-11-9-7-5-3-4-6-8-10-12-14-16-20(24)22-21-17-18-23;5-3(6)1-2(4(7)8)12(9,10)11;;;;/h19,21,23H,3-18H2,1-2H3,(H,22,24);2H,1H2,(H,5,6)(H,7,8)(H,9,10,11);;;;/q;;2*+1;2*-1. The molecule has 0 aromatic carbocycles. The second kappa shape index (κ2) is 30.2. The maximum absolute atomic E-state index is 11.4. The van der Waals surface area contributed by atoms with E-state index < -0.39 is 33.7 Å². The average Bonchev–Trinajstić information content (AvgIpc) is 2.77. The van der Waals surface area contributed by atoms with Gasteiger partial charge in [-0.15, -0.1) is 0 Å². The smallest absolute Gasteiger partial charge is 1.00 e. The third kappa shape index (κ3) is 34.3. The van der Waals surface area contributed by atoms with E-state index in [2.05, 4.69) is 24.7 Å². The van der Waals surface area contributed by atoms with Crippen LogP contribution in [0, 0.1) is 5.92 Å². The normalized spacial score (nSPS) is 11.4. The van der Waals surface area contributed by atoms with Crippen molar-refractivity contribution in [3.05, 3.63) is 0 Å². The Labute approximate surface area is 276 Å². The van der Waals surface area contributed by atoms with Gasteiger partial charge in [0.05, 0.1) is 13.0 Å². The Morgan fingerprint density at radius 2 is 1.21 bits per heavy atom. The number of aliphatic hydroxyl groups is 1. The molecular weight excluding hydrogens is 538 g/mol. The molecule has 1 atom stereocenters. The fraction of sp³-hybridized carbons (Fsp3) is 0.875. The van der Waals surface area contributed by atoms with Crippen LogP contribution < -0.4 is 70.0 Å². The van der Waals surface area contributed by atoms with E-state index in [-0.39, 0.29) is 74.5 Å². The summed E-state index contributed by atoms with van der Waals surface area (Å²) in [6.07, 6.45) is 16.6. The fourth-order valence-electron chi connectivity index (χ4n) is 3.36. The number of aliphatic hydroxyl groups excluding tert-OH is 1. The fourth-order valence-corrected chi connectivity index (χ4v) is 3.97. The molecule has 0 fully saturated rings. The number of hydrogen-bond acceptors (Lipinski definition) is 7. The molecule has 0 saturated heterocycles. The van der Waals surface area contributed by atoms with Crippen LogP contribution >= 0.6 is 0 Å². The SMILES string of the molecule is CC(C)CCCCCCCCCCCCCCC(=O)NNCCO.O=C(O)CC(C(=O)O)S(=O)(=O)O.[H-].[H-].[Na+].[Na+]. The number of carbonyl (C=O) groups excluding carboxylic acids is 1. The molecule has 14 heteroatoms. The van der Waals surface area contributed by atoms with Crippen LogP contribution in [0.2, 0.25) is 0 Å². The van der Waals surface area contributed by atoms with Gasteiger partial charge in [0.25, 0.3) is 10.1 Å². The van der Waals surface area contributed by atoms with E-state index in [1.807, 2.05) is 0 Å². The first-order valence-corrected chi connectivity index (χ1v) is 14.5. The van der Waals surface area contributed by atoms with Crippen LogP contribution in [-0.4, -0.2) is 64.5 Å². The largest absolute Gasteiger partial charge is 1.00 e. The number of hydrogen-bond donors (Lipinski definition) is 6. The van der Waals surface area contributed by atoms with Gasteiger partial charge in [-0.2, -0.15) is 8.42 Å². The van der Waals surface area contributed by atoms with Crippen molar-refractivity contribution in [3.63, 3.8) is 0 Å². The minimum atomic E-state index is -4.84. The zero-order valence-electron chi connectivity index (χ0n) is 25.9. The monoisotopic (exact) mass is 588 g/mol.